The molecule has 4 aromatic carbocycles. The van der Waals surface area contributed by atoms with Crippen molar-refractivity contribution in [3.05, 3.63) is 59.7 Å². The largest absolute Gasteiger partial charge is 0.507 e. The van der Waals surface area contributed by atoms with Gasteiger partial charge in [0.25, 0.3) is 0 Å². The first-order chi connectivity index (χ1) is 15.4. The van der Waals surface area contributed by atoms with Crippen LogP contribution >= 0.6 is 0 Å². The van der Waals surface area contributed by atoms with Gasteiger partial charge in [0.15, 0.2) is 0 Å². The molecule has 0 atom stereocenters. The first kappa shape index (κ1) is 21.8. The van der Waals surface area contributed by atoms with Crippen molar-refractivity contribution in [2.24, 2.45) is 0 Å². The summed E-state index contributed by atoms with van der Waals surface area (Å²) >= 11 is 0. The van der Waals surface area contributed by atoms with Crippen LogP contribution in [0.15, 0.2) is 48.5 Å². The Morgan fingerprint density at radius 3 is 1.38 bits per heavy atom. The Bertz CT molecular complexity index is 1190. The van der Waals surface area contributed by atoms with Crippen LogP contribution in [0.2, 0.25) is 0 Å². The van der Waals surface area contributed by atoms with E-state index in [1.54, 1.807) is 0 Å². The van der Waals surface area contributed by atoms with Gasteiger partial charge in [0.05, 0.1) is 13.2 Å². The molecule has 0 aliphatic carbocycles. The van der Waals surface area contributed by atoms with Crippen LogP contribution in [0.5, 0.6) is 23.0 Å². The molecular formula is C28H30O4. The quantitative estimate of drug-likeness (QED) is 0.324. The third kappa shape index (κ3) is 3.93. The number of benzene rings is 4. The number of rotatable bonds is 7. The predicted molar refractivity (Wildman–Crippen MR) is 131 cm³/mol. The number of phenolic OH excluding ortho intramolecular Hbond substituents is 2. The van der Waals surface area contributed by atoms with E-state index in [0.717, 1.165) is 34.7 Å². The van der Waals surface area contributed by atoms with E-state index >= 15 is 0 Å². The molecule has 0 radical (unpaired) electrons. The molecule has 0 aromatic heterocycles. The van der Waals surface area contributed by atoms with E-state index in [9.17, 15) is 10.2 Å². The summed E-state index contributed by atoms with van der Waals surface area (Å²) < 4.78 is 12.1. The fraction of sp³-hybridized carbons (Fsp3) is 0.286. The molecule has 4 aromatic rings. The molecule has 4 heteroatoms. The van der Waals surface area contributed by atoms with Crippen LogP contribution in [0.3, 0.4) is 0 Å². The number of hydrogen-bond acceptors (Lipinski definition) is 4. The van der Waals surface area contributed by atoms with Crippen molar-refractivity contribution in [3.63, 3.8) is 0 Å². The minimum absolute atomic E-state index is 0.118. The van der Waals surface area contributed by atoms with E-state index in [-0.39, 0.29) is 11.5 Å². The van der Waals surface area contributed by atoms with E-state index in [1.165, 1.54) is 0 Å². The lowest BCUT2D eigenvalue weighted by atomic mass is 9.94. The normalized spacial score (nSPS) is 11.2. The first-order valence-electron chi connectivity index (χ1n) is 11.2. The highest BCUT2D eigenvalue weighted by Crippen LogP contribution is 2.48. The van der Waals surface area contributed by atoms with Gasteiger partial charge in [-0.15, -0.1) is 0 Å². The lowest BCUT2D eigenvalue weighted by Gasteiger charge is -2.18. The zero-order valence-electron chi connectivity index (χ0n) is 19.2. The number of aromatic hydroxyl groups is 2. The third-order valence-corrected chi connectivity index (χ3v) is 5.67. The van der Waals surface area contributed by atoms with Crippen LogP contribution in [0.25, 0.3) is 32.7 Å². The summed E-state index contributed by atoms with van der Waals surface area (Å²) in [6.45, 7) is 9.29. The molecule has 0 aliphatic heterocycles. The van der Waals surface area contributed by atoms with E-state index in [2.05, 4.69) is 13.8 Å². The first-order valence-corrected chi connectivity index (χ1v) is 11.2. The number of fused-ring (bicyclic) bond motifs is 2. The summed E-state index contributed by atoms with van der Waals surface area (Å²) in [7, 11) is 0. The summed E-state index contributed by atoms with van der Waals surface area (Å²) in [5.74, 6) is 1.62. The predicted octanol–water partition coefficient (Wildman–Crippen LogP) is 7.27. The third-order valence-electron chi connectivity index (χ3n) is 5.67. The maximum absolute atomic E-state index is 11.2. The molecule has 0 saturated carbocycles. The van der Waals surface area contributed by atoms with E-state index in [0.29, 0.717) is 46.6 Å². The molecule has 0 spiro atoms. The molecule has 0 heterocycles. The molecule has 166 valence electrons. The summed E-state index contributed by atoms with van der Waals surface area (Å²) in [5, 5.41) is 25.6. The van der Waals surface area contributed by atoms with Crippen molar-refractivity contribution in [1.82, 2.24) is 0 Å². The van der Waals surface area contributed by atoms with E-state index in [4.69, 9.17) is 9.47 Å². The molecule has 2 N–H and O–H groups in total. The highest BCUT2D eigenvalue weighted by molar-refractivity contribution is 6.04. The fourth-order valence-corrected chi connectivity index (χ4v) is 4.05. The Balaban J connectivity index is 2.02. The van der Waals surface area contributed by atoms with Crippen molar-refractivity contribution in [1.29, 1.82) is 0 Å². The van der Waals surface area contributed by atoms with Crippen molar-refractivity contribution < 1.29 is 19.7 Å². The Morgan fingerprint density at radius 2 is 1.00 bits per heavy atom. The molecular weight excluding hydrogens is 400 g/mol. The Labute approximate surface area is 189 Å². The number of phenols is 2. The topological polar surface area (TPSA) is 58.9 Å². The maximum Gasteiger partial charge on any atom is 0.131 e. The molecule has 0 unspecified atom stereocenters. The smallest absolute Gasteiger partial charge is 0.131 e. The maximum atomic E-state index is 11.2. The molecule has 0 bridgehead atoms. The molecule has 4 rings (SSSR count). The fourth-order valence-electron chi connectivity index (χ4n) is 4.05. The number of aryl methyl sites for hydroxylation is 2. The molecule has 4 nitrogen and oxygen atoms in total. The van der Waals surface area contributed by atoms with Crippen LogP contribution < -0.4 is 9.47 Å². The van der Waals surface area contributed by atoms with Crippen LogP contribution in [0.1, 0.15) is 37.8 Å². The Kier molecular flexibility index (Phi) is 6.13. The van der Waals surface area contributed by atoms with Gasteiger partial charge in [-0.05, 0) is 51.0 Å². The highest BCUT2D eigenvalue weighted by Gasteiger charge is 2.20. The van der Waals surface area contributed by atoms with Crippen LogP contribution in [0, 0.1) is 13.8 Å². The summed E-state index contributed by atoms with van der Waals surface area (Å²) in [6, 6.07) is 15.4. The van der Waals surface area contributed by atoms with Crippen molar-refractivity contribution >= 4 is 21.5 Å². The number of ether oxygens (including phenoxy) is 2. The van der Waals surface area contributed by atoms with Gasteiger partial charge in [-0.3, -0.25) is 0 Å². The summed E-state index contributed by atoms with van der Waals surface area (Å²) in [6.07, 6.45) is 1.75. The zero-order valence-corrected chi connectivity index (χ0v) is 19.2. The Morgan fingerprint density at radius 1 is 0.594 bits per heavy atom. The average molecular weight is 431 g/mol. The second-order valence-electron chi connectivity index (χ2n) is 8.34. The molecule has 0 fully saturated rings. The molecule has 32 heavy (non-hydrogen) atoms. The molecule has 0 saturated heterocycles. The zero-order chi connectivity index (χ0) is 22.8. The average Bonchev–Trinajstić information content (AvgIpc) is 2.78. The van der Waals surface area contributed by atoms with Crippen LogP contribution in [-0.2, 0) is 0 Å². The van der Waals surface area contributed by atoms with Gasteiger partial charge in [0.1, 0.15) is 23.0 Å². The van der Waals surface area contributed by atoms with Crippen molar-refractivity contribution in [2.75, 3.05) is 13.2 Å². The number of hydrogen-bond donors (Lipinski definition) is 2. The molecule has 0 amide bonds. The van der Waals surface area contributed by atoms with E-state index in [1.807, 2.05) is 62.4 Å². The van der Waals surface area contributed by atoms with E-state index < -0.39 is 0 Å². The highest BCUT2D eigenvalue weighted by atomic mass is 16.5. The van der Waals surface area contributed by atoms with Gasteiger partial charge in [0, 0.05) is 32.7 Å². The van der Waals surface area contributed by atoms with Gasteiger partial charge in [0.2, 0.25) is 0 Å². The second kappa shape index (κ2) is 8.99. The van der Waals surface area contributed by atoms with Gasteiger partial charge in [-0.2, -0.15) is 0 Å². The van der Waals surface area contributed by atoms with Gasteiger partial charge >= 0.3 is 0 Å². The lowest BCUT2D eigenvalue weighted by molar-refractivity contribution is 0.320. The van der Waals surface area contributed by atoms with Gasteiger partial charge in [-0.1, -0.05) is 49.2 Å². The lowest BCUT2D eigenvalue weighted by Crippen LogP contribution is -1.99. The van der Waals surface area contributed by atoms with Crippen LogP contribution in [-0.4, -0.2) is 23.4 Å². The molecule has 0 aliphatic rings. The summed E-state index contributed by atoms with van der Waals surface area (Å²) in [5.41, 5.74) is 3.22. The second-order valence-corrected chi connectivity index (χ2v) is 8.34. The minimum Gasteiger partial charge on any atom is -0.507 e. The monoisotopic (exact) mass is 430 g/mol. The van der Waals surface area contributed by atoms with Crippen LogP contribution in [0.4, 0.5) is 0 Å². The van der Waals surface area contributed by atoms with Gasteiger partial charge < -0.3 is 19.7 Å². The summed E-state index contributed by atoms with van der Waals surface area (Å²) in [4.78, 5) is 0. The van der Waals surface area contributed by atoms with Crippen molar-refractivity contribution in [2.45, 2.75) is 40.5 Å². The Hall–Kier alpha value is -3.40. The minimum atomic E-state index is 0.118. The SMILES string of the molecule is CCCOc1cc(-c2cc(OCCC)c3cc(C)ccc3c2O)c(O)c2ccc(C)cc12. The standard InChI is InChI=1S/C28H30O4/c1-5-11-31-25-15-23(27(29)19-9-7-17(3)13-21(19)25)24-16-26(32-12-6-2)22-14-18(4)8-10-20(22)28(24)30/h7-10,13-16,29-30H,5-6,11-12H2,1-4H3. The van der Waals surface area contributed by atoms with Gasteiger partial charge in [-0.25, -0.2) is 0 Å². The van der Waals surface area contributed by atoms with Crippen molar-refractivity contribution in [3.8, 4) is 34.1 Å².